The Kier molecular flexibility index (Phi) is 4.14. The van der Waals surface area contributed by atoms with Gasteiger partial charge >= 0.3 is 0 Å². The Bertz CT molecular complexity index is 842. The highest BCUT2D eigenvalue weighted by Crippen LogP contribution is 2.48. The molecule has 140 valence electrons. The molecule has 0 bridgehead atoms. The van der Waals surface area contributed by atoms with E-state index in [2.05, 4.69) is 69.7 Å². The smallest absolute Gasteiger partial charge is 0.182 e. The van der Waals surface area contributed by atoms with E-state index in [9.17, 15) is 0 Å². The summed E-state index contributed by atoms with van der Waals surface area (Å²) < 4.78 is 6.68. The van der Waals surface area contributed by atoms with Crippen LogP contribution in [0.25, 0.3) is 5.70 Å². The predicted molar refractivity (Wildman–Crippen MR) is 106 cm³/mol. The molecule has 3 aliphatic rings. The van der Waals surface area contributed by atoms with Crippen LogP contribution in [0.4, 0.5) is 0 Å². The van der Waals surface area contributed by atoms with Crippen LogP contribution in [0.1, 0.15) is 43.4 Å². The van der Waals surface area contributed by atoms with Crippen molar-refractivity contribution in [1.29, 1.82) is 0 Å². The summed E-state index contributed by atoms with van der Waals surface area (Å²) in [6.45, 7) is 5.57. The molecule has 1 fully saturated rings. The minimum atomic E-state index is -0.297. The van der Waals surface area contributed by atoms with Crippen molar-refractivity contribution in [1.82, 2.24) is 20.3 Å². The minimum Gasteiger partial charge on any atom is -0.470 e. The number of pyridine rings is 1. The van der Waals surface area contributed by atoms with E-state index in [-0.39, 0.29) is 11.8 Å². The number of hydrogen-bond acceptors (Lipinski definition) is 5. The maximum atomic E-state index is 6.68. The van der Waals surface area contributed by atoms with Gasteiger partial charge in [0.1, 0.15) is 5.75 Å². The van der Waals surface area contributed by atoms with E-state index >= 15 is 0 Å². The Balaban J connectivity index is 1.50. The summed E-state index contributed by atoms with van der Waals surface area (Å²) in [4.78, 5) is 6.71. The largest absolute Gasteiger partial charge is 0.470 e. The maximum absolute atomic E-state index is 6.68. The lowest BCUT2D eigenvalue weighted by atomic mass is 9.92. The first-order chi connectivity index (χ1) is 13.3. The summed E-state index contributed by atoms with van der Waals surface area (Å²) in [5.74, 6) is 1.02. The third-order valence-corrected chi connectivity index (χ3v) is 5.99. The van der Waals surface area contributed by atoms with Crippen molar-refractivity contribution < 1.29 is 4.74 Å². The molecule has 5 rings (SSSR count). The molecule has 1 saturated heterocycles. The number of likely N-dealkylation sites (tertiary alicyclic amines) is 1. The average Bonchev–Trinajstić information content (AvgIpc) is 3.18. The number of ether oxygens (including phenoxy) is 1. The van der Waals surface area contributed by atoms with Gasteiger partial charge in [-0.3, -0.25) is 4.98 Å². The Morgan fingerprint density at radius 2 is 1.93 bits per heavy atom. The number of piperidine rings is 1. The number of fused-ring (bicyclic) bond motifs is 4. The fourth-order valence-electron chi connectivity index (χ4n) is 4.60. The van der Waals surface area contributed by atoms with E-state index in [1.807, 2.05) is 12.4 Å². The van der Waals surface area contributed by atoms with Gasteiger partial charge in [0.25, 0.3) is 0 Å². The van der Waals surface area contributed by atoms with Crippen molar-refractivity contribution in [2.45, 2.75) is 38.0 Å². The van der Waals surface area contributed by atoms with Gasteiger partial charge in [0.05, 0.1) is 11.7 Å². The van der Waals surface area contributed by atoms with Crippen LogP contribution in [0.3, 0.4) is 0 Å². The van der Waals surface area contributed by atoms with Crippen molar-refractivity contribution in [2.24, 2.45) is 0 Å². The molecular weight excluding hydrogens is 336 g/mol. The van der Waals surface area contributed by atoms with Crippen LogP contribution in [0.2, 0.25) is 0 Å². The molecule has 27 heavy (non-hydrogen) atoms. The molecule has 1 aromatic carbocycles. The van der Waals surface area contributed by atoms with Gasteiger partial charge in [-0.2, -0.15) is 5.01 Å². The van der Waals surface area contributed by atoms with Crippen LogP contribution >= 0.6 is 0 Å². The van der Waals surface area contributed by atoms with Crippen molar-refractivity contribution in [3.63, 3.8) is 0 Å². The number of benzene rings is 1. The lowest BCUT2D eigenvalue weighted by Crippen LogP contribution is -2.63. The zero-order valence-electron chi connectivity index (χ0n) is 15.8. The number of nitrogens with zero attached hydrogens (tertiary/aromatic N) is 3. The third-order valence-electron chi connectivity index (χ3n) is 5.99. The molecule has 2 aromatic rings. The van der Waals surface area contributed by atoms with E-state index in [4.69, 9.17) is 4.74 Å². The number of para-hydroxylation sites is 1. The van der Waals surface area contributed by atoms with Crippen molar-refractivity contribution in [2.75, 3.05) is 19.6 Å². The standard InChI is InChI=1S/C22H26N4O/c1-2-13-25-14-9-22(10-15-25)26-20(18-5-3-4-6-21(18)27-22)16-19(24-26)17-7-11-23-12-8-17/h3-8,11-12,16,20,24H,2,9-10,13-15H2,1H3/t20-/m1/s1. The van der Waals surface area contributed by atoms with Gasteiger partial charge in [0, 0.05) is 49.5 Å². The molecule has 0 aliphatic carbocycles. The van der Waals surface area contributed by atoms with Crippen molar-refractivity contribution in [3.05, 3.63) is 66.0 Å². The molecule has 3 aliphatic heterocycles. The van der Waals surface area contributed by atoms with Crippen molar-refractivity contribution >= 4 is 5.70 Å². The van der Waals surface area contributed by atoms with Gasteiger partial charge in [-0.05, 0) is 37.2 Å². The van der Waals surface area contributed by atoms with Gasteiger partial charge in [-0.15, -0.1) is 0 Å². The molecule has 1 N–H and O–H groups in total. The third kappa shape index (κ3) is 2.82. The first-order valence-corrected chi connectivity index (χ1v) is 9.98. The van der Waals surface area contributed by atoms with Crippen LogP contribution in [-0.4, -0.2) is 40.3 Å². The Labute approximate surface area is 160 Å². The lowest BCUT2D eigenvalue weighted by molar-refractivity contribution is -0.159. The second-order valence-corrected chi connectivity index (χ2v) is 7.67. The Morgan fingerprint density at radius 1 is 1.15 bits per heavy atom. The normalized spacial score (nSPS) is 23.9. The first kappa shape index (κ1) is 16.8. The highest BCUT2D eigenvalue weighted by atomic mass is 16.5. The van der Waals surface area contributed by atoms with Crippen molar-refractivity contribution in [3.8, 4) is 5.75 Å². The van der Waals surface area contributed by atoms with E-state index in [0.29, 0.717) is 0 Å². The number of hydrogen-bond donors (Lipinski definition) is 1. The van der Waals surface area contributed by atoms with Crippen LogP contribution in [0.15, 0.2) is 54.9 Å². The predicted octanol–water partition coefficient (Wildman–Crippen LogP) is 3.58. The van der Waals surface area contributed by atoms with Gasteiger partial charge in [-0.25, -0.2) is 0 Å². The number of rotatable bonds is 3. The number of hydrazine groups is 1. The quantitative estimate of drug-likeness (QED) is 0.904. The van der Waals surface area contributed by atoms with Crippen LogP contribution in [0.5, 0.6) is 5.75 Å². The molecule has 1 spiro atoms. The van der Waals surface area contributed by atoms with Crippen LogP contribution < -0.4 is 10.2 Å². The highest BCUT2D eigenvalue weighted by molar-refractivity contribution is 5.67. The topological polar surface area (TPSA) is 40.6 Å². The van der Waals surface area contributed by atoms with E-state index in [1.54, 1.807) is 0 Å². The summed E-state index contributed by atoms with van der Waals surface area (Å²) in [6.07, 6.45) is 9.23. The average molecular weight is 362 g/mol. The molecule has 5 nitrogen and oxygen atoms in total. The first-order valence-electron chi connectivity index (χ1n) is 9.98. The van der Waals surface area contributed by atoms with Gasteiger partial charge in [0.15, 0.2) is 5.72 Å². The molecular formula is C22H26N4O. The molecule has 0 saturated carbocycles. The SMILES string of the molecule is CCCN1CCC2(CC1)Oc1ccccc1[C@H]1C=C(c3ccncc3)NN12. The van der Waals surface area contributed by atoms with Gasteiger partial charge in [0.2, 0.25) is 0 Å². The fourth-order valence-corrected chi connectivity index (χ4v) is 4.60. The maximum Gasteiger partial charge on any atom is 0.182 e. The fraction of sp³-hybridized carbons (Fsp3) is 0.409. The minimum absolute atomic E-state index is 0.191. The van der Waals surface area contributed by atoms with E-state index < -0.39 is 0 Å². The summed E-state index contributed by atoms with van der Waals surface area (Å²) >= 11 is 0. The molecule has 4 heterocycles. The second kappa shape index (κ2) is 6.66. The van der Waals surface area contributed by atoms with Gasteiger partial charge < -0.3 is 15.1 Å². The zero-order valence-corrected chi connectivity index (χ0v) is 15.8. The molecule has 0 unspecified atom stereocenters. The van der Waals surface area contributed by atoms with E-state index in [0.717, 1.165) is 42.9 Å². The molecule has 5 heteroatoms. The molecule has 1 atom stereocenters. The number of aromatic nitrogens is 1. The molecule has 0 amide bonds. The van der Waals surface area contributed by atoms with E-state index in [1.165, 1.54) is 18.5 Å². The van der Waals surface area contributed by atoms with Crippen LogP contribution in [-0.2, 0) is 0 Å². The number of nitrogens with one attached hydrogen (secondary N) is 1. The summed E-state index contributed by atoms with van der Waals surface area (Å²) in [5.41, 5.74) is 6.92. The Morgan fingerprint density at radius 3 is 2.70 bits per heavy atom. The molecule has 1 aromatic heterocycles. The Hall–Kier alpha value is -2.37. The monoisotopic (exact) mass is 362 g/mol. The lowest BCUT2D eigenvalue weighted by Gasteiger charge is -2.51. The zero-order chi connectivity index (χ0) is 18.3. The molecule has 0 radical (unpaired) electrons. The summed E-state index contributed by atoms with van der Waals surface area (Å²) in [6, 6.07) is 12.8. The second-order valence-electron chi connectivity index (χ2n) is 7.67. The summed E-state index contributed by atoms with van der Waals surface area (Å²) in [5, 5.41) is 2.36. The van der Waals surface area contributed by atoms with Crippen LogP contribution in [0, 0.1) is 0 Å². The summed E-state index contributed by atoms with van der Waals surface area (Å²) in [7, 11) is 0. The van der Waals surface area contributed by atoms with Gasteiger partial charge in [-0.1, -0.05) is 25.1 Å². The highest BCUT2D eigenvalue weighted by Gasteiger charge is 2.51.